The Kier molecular flexibility index (Phi) is 6.77. The van der Waals surface area contributed by atoms with Crippen LogP contribution in [0, 0.1) is 0 Å². The molecule has 2 rings (SSSR count). The van der Waals surface area contributed by atoms with Crippen molar-refractivity contribution in [1.29, 1.82) is 0 Å². The fourth-order valence-corrected chi connectivity index (χ4v) is 2.23. The van der Waals surface area contributed by atoms with Gasteiger partial charge in [-0.05, 0) is 48.8 Å². The van der Waals surface area contributed by atoms with Crippen LogP contribution in [0.1, 0.15) is 20.8 Å². The quantitative estimate of drug-likeness (QED) is 0.604. The van der Waals surface area contributed by atoms with Crippen LogP contribution in [0.2, 0.25) is 0 Å². The molecular formula is C14H20BrN3O2Sn. The van der Waals surface area contributed by atoms with E-state index in [1.165, 1.54) is 0 Å². The Hall–Kier alpha value is -0.501. The molecule has 1 aliphatic heterocycles. The summed E-state index contributed by atoms with van der Waals surface area (Å²) in [6.07, 6.45) is 1.55. The molecule has 4 radical (unpaired) electrons. The van der Waals surface area contributed by atoms with Crippen LogP contribution in [-0.4, -0.2) is 71.7 Å². The zero-order valence-electron chi connectivity index (χ0n) is 12.6. The summed E-state index contributed by atoms with van der Waals surface area (Å²) < 4.78 is 6.35. The molecule has 1 saturated heterocycles. The molecule has 1 amide bonds. The number of hydrogen-bond acceptors (Lipinski definition) is 4. The van der Waals surface area contributed by atoms with Crippen molar-refractivity contribution in [3.63, 3.8) is 0 Å². The van der Waals surface area contributed by atoms with Gasteiger partial charge in [0, 0.05) is 60.8 Å². The molecule has 0 saturated carbocycles. The number of pyridine rings is 1. The minimum Gasteiger partial charge on any atom is -0.444 e. The van der Waals surface area contributed by atoms with Gasteiger partial charge in [0.15, 0.2) is 0 Å². The third kappa shape index (κ3) is 5.65. The summed E-state index contributed by atoms with van der Waals surface area (Å²) in [6, 6.07) is 3.95. The van der Waals surface area contributed by atoms with Crippen LogP contribution in [0.4, 0.5) is 10.6 Å². The molecule has 2 heterocycles. The predicted molar refractivity (Wildman–Crippen MR) is 87.7 cm³/mol. The van der Waals surface area contributed by atoms with Crippen LogP contribution in [-0.2, 0) is 4.74 Å². The number of amides is 1. The van der Waals surface area contributed by atoms with E-state index in [0.29, 0.717) is 13.1 Å². The normalized spacial score (nSPS) is 15.4. The van der Waals surface area contributed by atoms with Crippen molar-refractivity contribution in [2.75, 3.05) is 31.1 Å². The van der Waals surface area contributed by atoms with Gasteiger partial charge in [-0.3, -0.25) is 0 Å². The van der Waals surface area contributed by atoms with Gasteiger partial charge in [0.1, 0.15) is 11.4 Å². The van der Waals surface area contributed by atoms with E-state index in [0.717, 1.165) is 23.4 Å². The van der Waals surface area contributed by atoms with Crippen LogP contribution in [0.15, 0.2) is 22.8 Å². The van der Waals surface area contributed by atoms with Crippen LogP contribution in [0.3, 0.4) is 0 Å². The molecule has 1 aliphatic rings. The van der Waals surface area contributed by atoms with E-state index in [-0.39, 0.29) is 30.0 Å². The standard InChI is InChI=1S/C14H20BrN3O2.Sn/c1-14(2,3)20-13(19)18-8-6-17(7-9-18)12-5-4-11(15)10-16-12;/h4-5,10H,6-9H2,1-3H3;. The van der Waals surface area contributed by atoms with Crippen LogP contribution in [0.25, 0.3) is 0 Å². The van der Waals surface area contributed by atoms with E-state index in [9.17, 15) is 4.79 Å². The number of ether oxygens (including phenoxy) is 1. The zero-order valence-corrected chi connectivity index (χ0v) is 17.0. The van der Waals surface area contributed by atoms with Gasteiger partial charge < -0.3 is 14.5 Å². The summed E-state index contributed by atoms with van der Waals surface area (Å²) in [4.78, 5) is 20.3. The van der Waals surface area contributed by atoms with Crippen molar-refractivity contribution in [1.82, 2.24) is 9.88 Å². The zero-order chi connectivity index (χ0) is 14.8. The number of aromatic nitrogens is 1. The van der Waals surface area contributed by atoms with Crippen molar-refractivity contribution in [2.24, 2.45) is 0 Å². The molecule has 1 aromatic heterocycles. The number of piperazine rings is 1. The van der Waals surface area contributed by atoms with Crippen LogP contribution in [0.5, 0.6) is 0 Å². The Balaban J connectivity index is 0.00000220. The molecule has 0 bridgehead atoms. The van der Waals surface area contributed by atoms with Gasteiger partial charge in [-0.25, -0.2) is 9.78 Å². The Bertz CT molecular complexity index is 468. The Morgan fingerprint density at radius 1 is 1.24 bits per heavy atom. The van der Waals surface area contributed by atoms with Gasteiger partial charge in [-0.15, -0.1) is 0 Å². The van der Waals surface area contributed by atoms with Gasteiger partial charge in [0.2, 0.25) is 0 Å². The largest absolute Gasteiger partial charge is 0.444 e. The second-order valence-corrected chi connectivity index (χ2v) is 6.70. The minimum absolute atomic E-state index is 0. The smallest absolute Gasteiger partial charge is 0.410 e. The molecule has 21 heavy (non-hydrogen) atoms. The molecule has 5 nitrogen and oxygen atoms in total. The number of halogens is 1. The number of hydrogen-bond donors (Lipinski definition) is 0. The monoisotopic (exact) mass is 461 g/mol. The molecule has 0 spiro atoms. The van der Waals surface area contributed by atoms with Crippen LogP contribution >= 0.6 is 15.9 Å². The first kappa shape index (κ1) is 18.5. The Morgan fingerprint density at radius 3 is 2.33 bits per heavy atom. The molecule has 1 aromatic rings. The van der Waals surface area contributed by atoms with E-state index in [1.807, 2.05) is 32.9 Å². The number of nitrogens with zero attached hydrogens (tertiary/aromatic N) is 3. The van der Waals surface area contributed by atoms with Gasteiger partial charge in [0.05, 0.1) is 0 Å². The minimum atomic E-state index is -0.443. The summed E-state index contributed by atoms with van der Waals surface area (Å²) in [7, 11) is 0. The first-order valence-corrected chi connectivity index (χ1v) is 7.49. The first-order valence-electron chi connectivity index (χ1n) is 6.69. The maximum absolute atomic E-state index is 12.0. The third-order valence-corrected chi connectivity index (χ3v) is 3.44. The summed E-state index contributed by atoms with van der Waals surface area (Å²) in [5.74, 6) is 0.942. The van der Waals surface area contributed by atoms with E-state index in [2.05, 4.69) is 25.8 Å². The van der Waals surface area contributed by atoms with Crippen molar-refractivity contribution in [3.8, 4) is 0 Å². The molecule has 0 aliphatic carbocycles. The van der Waals surface area contributed by atoms with Crippen molar-refractivity contribution < 1.29 is 9.53 Å². The Morgan fingerprint density at radius 2 is 1.86 bits per heavy atom. The average Bonchev–Trinajstić information content (AvgIpc) is 2.38. The first-order chi connectivity index (χ1) is 9.35. The number of anilines is 1. The van der Waals surface area contributed by atoms with Crippen molar-refractivity contribution >= 4 is 51.7 Å². The number of carbonyl (C=O) groups is 1. The molecule has 0 unspecified atom stereocenters. The van der Waals surface area contributed by atoms with Crippen LogP contribution < -0.4 is 4.90 Å². The molecule has 114 valence electrons. The van der Waals surface area contributed by atoms with E-state index in [1.54, 1.807) is 11.1 Å². The van der Waals surface area contributed by atoms with Gasteiger partial charge in [-0.2, -0.15) is 0 Å². The third-order valence-electron chi connectivity index (χ3n) is 2.97. The van der Waals surface area contributed by atoms with Crippen molar-refractivity contribution in [2.45, 2.75) is 26.4 Å². The molecule has 0 atom stereocenters. The van der Waals surface area contributed by atoms with Crippen molar-refractivity contribution in [3.05, 3.63) is 22.8 Å². The van der Waals surface area contributed by atoms with E-state index < -0.39 is 5.60 Å². The fraction of sp³-hybridized carbons (Fsp3) is 0.571. The molecule has 1 fully saturated rings. The second-order valence-electron chi connectivity index (χ2n) is 5.79. The summed E-state index contributed by atoms with van der Waals surface area (Å²) in [5, 5.41) is 0. The number of carbonyl (C=O) groups excluding carboxylic acids is 1. The van der Waals surface area contributed by atoms with Gasteiger partial charge in [0.25, 0.3) is 0 Å². The van der Waals surface area contributed by atoms with E-state index >= 15 is 0 Å². The average molecular weight is 461 g/mol. The second kappa shape index (κ2) is 7.67. The number of rotatable bonds is 1. The summed E-state index contributed by atoms with van der Waals surface area (Å²) in [5.41, 5.74) is -0.443. The Labute approximate surface area is 151 Å². The SMILES string of the molecule is CC(C)(C)OC(=O)N1CCN(c2ccc(Br)cn2)CC1.[Sn]. The molecule has 0 N–H and O–H groups in total. The topological polar surface area (TPSA) is 45.7 Å². The molecular weight excluding hydrogens is 441 g/mol. The maximum atomic E-state index is 12.0. The van der Waals surface area contributed by atoms with Gasteiger partial charge in [-0.1, -0.05) is 0 Å². The van der Waals surface area contributed by atoms with Gasteiger partial charge >= 0.3 is 6.09 Å². The predicted octanol–water partition coefficient (Wildman–Crippen LogP) is 2.52. The molecule has 0 aromatic carbocycles. The maximum Gasteiger partial charge on any atom is 0.410 e. The summed E-state index contributed by atoms with van der Waals surface area (Å²) >= 11 is 3.38. The molecule has 7 heteroatoms. The fourth-order valence-electron chi connectivity index (χ4n) is 2.00. The summed E-state index contributed by atoms with van der Waals surface area (Å²) in [6.45, 7) is 8.51. The van der Waals surface area contributed by atoms with E-state index in [4.69, 9.17) is 4.74 Å².